The molecule has 1 aliphatic rings. The quantitative estimate of drug-likeness (QED) is 0.389. The SMILES string of the molecule is CCCN.CCCN(C=O)CC(=O)N(CCC)CC(=O)NC1CONC1=O. The van der Waals surface area contributed by atoms with Gasteiger partial charge in [0.1, 0.15) is 12.6 Å². The normalized spacial score (nSPS) is 15.3. The van der Waals surface area contributed by atoms with Crippen LogP contribution in [-0.4, -0.2) is 79.3 Å². The van der Waals surface area contributed by atoms with Gasteiger partial charge in [-0.15, -0.1) is 0 Å². The molecule has 10 heteroatoms. The van der Waals surface area contributed by atoms with E-state index in [2.05, 4.69) is 17.7 Å². The molecule has 0 aromatic carbocycles. The molecule has 0 bridgehead atoms. The number of nitrogens with zero attached hydrogens (tertiary/aromatic N) is 2. The van der Waals surface area contributed by atoms with Gasteiger partial charge in [-0.25, -0.2) is 5.48 Å². The second-order valence-corrected chi connectivity index (χ2v) is 6.08. The highest BCUT2D eigenvalue weighted by Crippen LogP contribution is 1.99. The van der Waals surface area contributed by atoms with Crippen molar-refractivity contribution >= 4 is 24.1 Å². The largest absolute Gasteiger partial charge is 0.341 e. The Morgan fingerprint density at radius 2 is 1.85 bits per heavy atom. The lowest BCUT2D eigenvalue weighted by Crippen LogP contribution is -2.49. The highest BCUT2D eigenvalue weighted by Gasteiger charge is 2.28. The third-order valence-corrected chi connectivity index (χ3v) is 3.54. The Balaban J connectivity index is 0.00000153. The molecule has 1 saturated heterocycles. The van der Waals surface area contributed by atoms with Crippen molar-refractivity contribution in [3.05, 3.63) is 0 Å². The first-order valence-corrected chi connectivity index (χ1v) is 9.31. The molecule has 1 fully saturated rings. The molecular formula is C17H33N5O5. The molecule has 156 valence electrons. The fourth-order valence-corrected chi connectivity index (χ4v) is 2.16. The van der Waals surface area contributed by atoms with Gasteiger partial charge in [0.25, 0.3) is 5.91 Å². The van der Waals surface area contributed by atoms with E-state index in [4.69, 9.17) is 10.6 Å². The maximum absolute atomic E-state index is 12.3. The summed E-state index contributed by atoms with van der Waals surface area (Å²) in [6.45, 7) is 7.40. The highest BCUT2D eigenvalue weighted by molar-refractivity contribution is 5.91. The molecule has 1 atom stereocenters. The number of hydroxylamine groups is 1. The van der Waals surface area contributed by atoms with Crippen molar-refractivity contribution in [3.63, 3.8) is 0 Å². The van der Waals surface area contributed by atoms with Gasteiger partial charge >= 0.3 is 0 Å². The van der Waals surface area contributed by atoms with E-state index in [0.29, 0.717) is 25.9 Å². The highest BCUT2D eigenvalue weighted by atomic mass is 16.7. The van der Waals surface area contributed by atoms with E-state index in [0.717, 1.165) is 19.4 Å². The van der Waals surface area contributed by atoms with Crippen molar-refractivity contribution in [3.8, 4) is 0 Å². The summed E-state index contributed by atoms with van der Waals surface area (Å²) in [6.07, 6.45) is 3.16. The number of carbonyl (C=O) groups is 4. The van der Waals surface area contributed by atoms with Crippen LogP contribution in [0, 0.1) is 0 Å². The van der Waals surface area contributed by atoms with Crippen molar-refractivity contribution in [1.29, 1.82) is 0 Å². The van der Waals surface area contributed by atoms with Crippen molar-refractivity contribution in [2.45, 2.75) is 46.1 Å². The van der Waals surface area contributed by atoms with Crippen LogP contribution < -0.4 is 16.5 Å². The van der Waals surface area contributed by atoms with Crippen LogP contribution in [-0.2, 0) is 24.0 Å². The number of rotatable bonds is 11. The number of hydrogen-bond acceptors (Lipinski definition) is 6. The van der Waals surface area contributed by atoms with E-state index in [1.165, 1.54) is 9.80 Å². The summed E-state index contributed by atoms with van der Waals surface area (Å²) in [7, 11) is 0. The molecule has 1 aliphatic heterocycles. The predicted molar refractivity (Wildman–Crippen MR) is 100 cm³/mol. The second-order valence-electron chi connectivity index (χ2n) is 6.08. The van der Waals surface area contributed by atoms with Gasteiger partial charge in [0, 0.05) is 13.1 Å². The van der Waals surface area contributed by atoms with Crippen LogP contribution >= 0.6 is 0 Å². The van der Waals surface area contributed by atoms with Gasteiger partial charge in [0.2, 0.25) is 18.2 Å². The molecule has 1 rings (SSSR count). The number of amides is 4. The third kappa shape index (κ3) is 10.5. The summed E-state index contributed by atoms with van der Waals surface area (Å²) in [5.41, 5.74) is 7.17. The molecule has 0 aromatic rings. The number of carbonyl (C=O) groups excluding carboxylic acids is 4. The zero-order chi connectivity index (χ0) is 20.7. The minimum absolute atomic E-state index is 0.0573. The molecule has 0 aromatic heterocycles. The Morgan fingerprint density at radius 1 is 1.22 bits per heavy atom. The monoisotopic (exact) mass is 387 g/mol. The van der Waals surface area contributed by atoms with E-state index in [9.17, 15) is 19.2 Å². The minimum atomic E-state index is -0.743. The van der Waals surface area contributed by atoms with Crippen LogP contribution in [0.5, 0.6) is 0 Å². The molecule has 4 amide bonds. The van der Waals surface area contributed by atoms with E-state index >= 15 is 0 Å². The summed E-state index contributed by atoms with van der Waals surface area (Å²) in [5.74, 6) is -1.15. The summed E-state index contributed by atoms with van der Waals surface area (Å²) in [6, 6.07) is -0.743. The Hall–Kier alpha value is -2.20. The molecule has 0 spiro atoms. The smallest absolute Gasteiger partial charge is 0.268 e. The van der Waals surface area contributed by atoms with Gasteiger partial charge in [-0.2, -0.15) is 0 Å². The first kappa shape index (κ1) is 24.8. The third-order valence-electron chi connectivity index (χ3n) is 3.54. The Bertz CT molecular complexity index is 473. The average Bonchev–Trinajstić information content (AvgIpc) is 3.05. The fraction of sp³-hybridized carbons (Fsp3) is 0.765. The van der Waals surface area contributed by atoms with E-state index in [1.807, 2.05) is 13.8 Å². The van der Waals surface area contributed by atoms with Gasteiger partial charge in [-0.05, 0) is 25.8 Å². The molecule has 4 N–H and O–H groups in total. The maximum Gasteiger partial charge on any atom is 0.268 e. The minimum Gasteiger partial charge on any atom is -0.341 e. The molecule has 0 radical (unpaired) electrons. The first-order valence-electron chi connectivity index (χ1n) is 9.31. The van der Waals surface area contributed by atoms with Crippen LogP contribution in [0.1, 0.15) is 40.0 Å². The fourth-order valence-electron chi connectivity index (χ4n) is 2.16. The summed E-state index contributed by atoms with van der Waals surface area (Å²) in [4.78, 5) is 54.0. The van der Waals surface area contributed by atoms with Crippen LogP contribution in [0.2, 0.25) is 0 Å². The molecule has 27 heavy (non-hydrogen) atoms. The predicted octanol–water partition coefficient (Wildman–Crippen LogP) is -1.01. The van der Waals surface area contributed by atoms with Crippen molar-refractivity contribution in [2.24, 2.45) is 5.73 Å². The summed E-state index contributed by atoms with van der Waals surface area (Å²) < 4.78 is 0. The van der Waals surface area contributed by atoms with Gasteiger partial charge in [0.15, 0.2) is 0 Å². The Labute approximate surface area is 160 Å². The Morgan fingerprint density at radius 3 is 2.30 bits per heavy atom. The molecule has 1 heterocycles. The van der Waals surface area contributed by atoms with Crippen LogP contribution in [0.15, 0.2) is 0 Å². The van der Waals surface area contributed by atoms with Crippen LogP contribution in [0.4, 0.5) is 0 Å². The van der Waals surface area contributed by atoms with Crippen LogP contribution in [0.25, 0.3) is 0 Å². The lowest BCUT2D eigenvalue weighted by Gasteiger charge is -2.25. The number of hydrogen-bond donors (Lipinski definition) is 3. The van der Waals surface area contributed by atoms with Gasteiger partial charge < -0.3 is 20.9 Å². The maximum atomic E-state index is 12.3. The lowest BCUT2D eigenvalue weighted by atomic mass is 10.3. The Kier molecular flexibility index (Phi) is 13.7. The second kappa shape index (κ2) is 14.9. The standard InChI is InChI=1S/C14H24N4O5.C3H9N/c1-3-5-17(10-19)8-13(21)18(6-4-2)7-12(20)15-11-9-23-16-14(11)22;1-2-3-4/h10-11H,3-9H2,1-2H3,(H,15,20)(H,16,22);2-4H2,1H3. The van der Waals surface area contributed by atoms with Gasteiger partial charge in [-0.3, -0.25) is 24.0 Å². The lowest BCUT2D eigenvalue weighted by molar-refractivity contribution is -0.139. The molecule has 0 aliphatic carbocycles. The molecule has 1 unspecified atom stereocenters. The topological polar surface area (TPSA) is 134 Å². The van der Waals surface area contributed by atoms with Gasteiger partial charge in [0.05, 0.1) is 13.1 Å². The van der Waals surface area contributed by atoms with E-state index in [-0.39, 0.29) is 25.6 Å². The number of nitrogens with two attached hydrogens (primary N) is 1. The zero-order valence-electron chi connectivity index (χ0n) is 16.5. The van der Waals surface area contributed by atoms with Crippen molar-refractivity contribution < 1.29 is 24.0 Å². The van der Waals surface area contributed by atoms with Crippen LogP contribution in [0.3, 0.4) is 0 Å². The summed E-state index contributed by atoms with van der Waals surface area (Å²) >= 11 is 0. The summed E-state index contributed by atoms with van der Waals surface area (Å²) in [5, 5.41) is 2.51. The molecule has 10 nitrogen and oxygen atoms in total. The first-order chi connectivity index (χ1) is 12.9. The average molecular weight is 387 g/mol. The van der Waals surface area contributed by atoms with E-state index in [1.54, 1.807) is 0 Å². The number of nitrogens with one attached hydrogen (secondary N) is 2. The van der Waals surface area contributed by atoms with Crippen molar-refractivity contribution in [2.75, 3.05) is 39.3 Å². The van der Waals surface area contributed by atoms with Crippen molar-refractivity contribution in [1.82, 2.24) is 20.6 Å². The molecule has 0 saturated carbocycles. The van der Waals surface area contributed by atoms with Gasteiger partial charge in [-0.1, -0.05) is 20.8 Å². The molecular weight excluding hydrogens is 354 g/mol. The van der Waals surface area contributed by atoms with E-state index < -0.39 is 17.9 Å². The zero-order valence-corrected chi connectivity index (χ0v) is 16.5.